The summed E-state index contributed by atoms with van der Waals surface area (Å²) in [6, 6.07) is 7.68. The highest BCUT2D eigenvalue weighted by atomic mass is 32.1. The predicted octanol–water partition coefficient (Wildman–Crippen LogP) is 1.77. The van der Waals surface area contributed by atoms with Crippen LogP contribution in [-0.4, -0.2) is 42.5 Å². The number of anilines is 1. The normalized spacial score (nSPS) is 14.9. The Bertz CT molecular complexity index is 498. The third kappa shape index (κ3) is 3.70. The van der Waals surface area contributed by atoms with Gasteiger partial charge in [0.1, 0.15) is 4.99 Å². The number of carbonyl (C=O) groups excluding carboxylic acids is 1. The Kier molecular flexibility index (Phi) is 4.95. The molecule has 1 amide bonds. The van der Waals surface area contributed by atoms with E-state index < -0.39 is 0 Å². The van der Waals surface area contributed by atoms with Crippen molar-refractivity contribution < 1.29 is 4.79 Å². The lowest BCUT2D eigenvalue weighted by atomic mass is 10.1. The zero-order valence-corrected chi connectivity index (χ0v) is 12.7. The smallest absolute Gasteiger partial charge is 0.242 e. The Hall–Kier alpha value is -1.62. The number of nitrogens with zero attached hydrogens (tertiary/aromatic N) is 2. The molecule has 0 spiro atoms. The fraction of sp³-hybridized carbons (Fsp3) is 0.467. The lowest BCUT2D eigenvalue weighted by Crippen LogP contribution is -2.41. The Balaban J connectivity index is 2.00. The van der Waals surface area contributed by atoms with Crippen LogP contribution in [0.4, 0.5) is 5.69 Å². The van der Waals surface area contributed by atoms with Crippen LogP contribution in [0.3, 0.4) is 0 Å². The molecule has 108 valence electrons. The van der Waals surface area contributed by atoms with E-state index in [9.17, 15) is 4.79 Å². The minimum absolute atomic E-state index is 0.188. The van der Waals surface area contributed by atoms with Gasteiger partial charge in [0, 0.05) is 31.4 Å². The summed E-state index contributed by atoms with van der Waals surface area (Å²) in [4.78, 5) is 16.5. The number of thiocarbonyl (C=S) groups is 1. The molecule has 0 aliphatic carbocycles. The van der Waals surface area contributed by atoms with Crippen molar-refractivity contribution in [2.45, 2.75) is 19.3 Å². The van der Waals surface area contributed by atoms with Crippen molar-refractivity contribution in [2.75, 3.05) is 31.6 Å². The molecule has 2 rings (SSSR count). The molecule has 1 saturated heterocycles. The molecule has 0 atom stereocenters. The van der Waals surface area contributed by atoms with Crippen molar-refractivity contribution in [1.82, 2.24) is 4.90 Å². The van der Waals surface area contributed by atoms with Gasteiger partial charge in [-0.15, -0.1) is 0 Å². The van der Waals surface area contributed by atoms with E-state index in [0.29, 0.717) is 11.5 Å². The number of amides is 1. The number of piperidine rings is 1. The van der Waals surface area contributed by atoms with Crippen LogP contribution in [0.15, 0.2) is 24.3 Å². The number of rotatable bonds is 4. The molecule has 0 radical (unpaired) electrons. The number of likely N-dealkylation sites (tertiary alicyclic amines) is 1. The molecule has 20 heavy (non-hydrogen) atoms. The fourth-order valence-corrected chi connectivity index (χ4v) is 2.56. The summed E-state index contributed by atoms with van der Waals surface area (Å²) in [6.45, 7) is 2.17. The highest BCUT2D eigenvalue weighted by molar-refractivity contribution is 7.80. The first-order valence-corrected chi connectivity index (χ1v) is 7.37. The summed E-state index contributed by atoms with van der Waals surface area (Å²) < 4.78 is 0. The number of hydrogen-bond acceptors (Lipinski definition) is 3. The van der Waals surface area contributed by atoms with Crippen LogP contribution in [0.5, 0.6) is 0 Å². The summed E-state index contributed by atoms with van der Waals surface area (Å²) in [5, 5.41) is 0. The maximum absolute atomic E-state index is 12.2. The molecule has 1 heterocycles. The Morgan fingerprint density at radius 1 is 1.35 bits per heavy atom. The van der Waals surface area contributed by atoms with Gasteiger partial charge in [-0.1, -0.05) is 24.4 Å². The van der Waals surface area contributed by atoms with Gasteiger partial charge in [-0.25, -0.2) is 0 Å². The van der Waals surface area contributed by atoms with Gasteiger partial charge >= 0.3 is 0 Å². The molecule has 1 aromatic carbocycles. The highest BCUT2D eigenvalue weighted by Gasteiger charge is 2.18. The van der Waals surface area contributed by atoms with Crippen LogP contribution in [0.1, 0.15) is 24.8 Å². The second kappa shape index (κ2) is 6.70. The van der Waals surface area contributed by atoms with E-state index in [1.165, 1.54) is 6.42 Å². The van der Waals surface area contributed by atoms with Crippen LogP contribution < -0.4 is 10.6 Å². The van der Waals surface area contributed by atoms with Crippen LogP contribution >= 0.6 is 12.2 Å². The van der Waals surface area contributed by atoms with Crippen LogP contribution in [0, 0.1) is 0 Å². The molecule has 1 aromatic rings. The lowest BCUT2D eigenvalue weighted by molar-refractivity contribution is -0.130. The van der Waals surface area contributed by atoms with E-state index in [4.69, 9.17) is 18.0 Å². The average molecular weight is 291 g/mol. The van der Waals surface area contributed by atoms with Gasteiger partial charge in [0.25, 0.3) is 0 Å². The quantitative estimate of drug-likeness (QED) is 0.859. The second-order valence-electron chi connectivity index (χ2n) is 5.21. The monoisotopic (exact) mass is 291 g/mol. The first-order valence-electron chi connectivity index (χ1n) is 6.96. The standard InChI is InChI=1S/C15H21N3OS/c1-17(11-14(19)18-8-3-2-4-9-18)13-7-5-6-12(10-13)15(16)20/h5-7,10H,2-4,8-9,11H2,1H3,(H2,16,20). The Morgan fingerprint density at radius 3 is 2.70 bits per heavy atom. The van der Waals surface area contributed by atoms with Gasteiger partial charge < -0.3 is 15.5 Å². The largest absolute Gasteiger partial charge is 0.389 e. The lowest BCUT2D eigenvalue weighted by Gasteiger charge is -2.29. The SMILES string of the molecule is CN(CC(=O)N1CCCCC1)c1cccc(C(N)=S)c1. The third-order valence-electron chi connectivity index (χ3n) is 3.65. The van der Waals surface area contributed by atoms with Crippen molar-refractivity contribution in [2.24, 2.45) is 5.73 Å². The minimum Gasteiger partial charge on any atom is -0.389 e. The van der Waals surface area contributed by atoms with Crippen molar-refractivity contribution >= 4 is 28.8 Å². The van der Waals surface area contributed by atoms with Crippen LogP contribution in [-0.2, 0) is 4.79 Å². The number of benzene rings is 1. The van der Waals surface area contributed by atoms with E-state index in [2.05, 4.69) is 0 Å². The highest BCUT2D eigenvalue weighted by Crippen LogP contribution is 2.16. The van der Waals surface area contributed by atoms with Gasteiger partial charge in [-0.2, -0.15) is 0 Å². The van der Waals surface area contributed by atoms with E-state index in [1.807, 2.05) is 41.1 Å². The summed E-state index contributed by atoms with van der Waals surface area (Å²) in [6.07, 6.45) is 3.47. The number of likely N-dealkylation sites (N-methyl/N-ethyl adjacent to an activating group) is 1. The molecule has 1 aliphatic rings. The van der Waals surface area contributed by atoms with Gasteiger partial charge in [-0.05, 0) is 31.4 Å². The van der Waals surface area contributed by atoms with E-state index in [0.717, 1.165) is 37.2 Å². The zero-order valence-electron chi connectivity index (χ0n) is 11.8. The number of nitrogens with two attached hydrogens (primary N) is 1. The van der Waals surface area contributed by atoms with Gasteiger partial charge in [-0.3, -0.25) is 4.79 Å². The van der Waals surface area contributed by atoms with E-state index >= 15 is 0 Å². The molecule has 0 saturated carbocycles. The predicted molar refractivity (Wildman–Crippen MR) is 86.0 cm³/mol. The molecular weight excluding hydrogens is 270 g/mol. The molecule has 2 N–H and O–H groups in total. The first-order chi connectivity index (χ1) is 9.58. The second-order valence-corrected chi connectivity index (χ2v) is 5.65. The summed E-state index contributed by atoms with van der Waals surface area (Å²) in [5.74, 6) is 0.188. The van der Waals surface area contributed by atoms with Gasteiger partial charge in [0.05, 0.1) is 6.54 Å². The van der Waals surface area contributed by atoms with Gasteiger partial charge in [0.15, 0.2) is 0 Å². The van der Waals surface area contributed by atoms with Crippen molar-refractivity contribution in [3.05, 3.63) is 29.8 Å². The molecule has 1 aliphatic heterocycles. The minimum atomic E-state index is 0.188. The molecule has 0 bridgehead atoms. The first kappa shape index (κ1) is 14.8. The number of hydrogen-bond donors (Lipinski definition) is 1. The zero-order chi connectivity index (χ0) is 14.5. The summed E-state index contributed by atoms with van der Waals surface area (Å²) >= 11 is 4.98. The van der Waals surface area contributed by atoms with Crippen LogP contribution in [0.2, 0.25) is 0 Å². The Labute approximate surface area is 125 Å². The van der Waals surface area contributed by atoms with E-state index in [-0.39, 0.29) is 5.91 Å². The maximum atomic E-state index is 12.2. The van der Waals surface area contributed by atoms with Crippen molar-refractivity contribution in [3.8, 4) is 0 Å². The molecule has 5 heteroatoms. The summed E-state index contributed by atoms with van der Waals surface area (Å²) in [7, 11) is 1.92. The molecule has 0 unspecified atom stereocenters. The van der Waals surface area contributed by atoms with Crippen molar-refractivity contribution in [3.63, 3.8) is 0 Å². The average Bonchev–Trinajstić information content (AvgIpc) is 2.48. The van der Waals surface area contributed by atoms with Crippen molar-refractivity contribution in [1.29, 1.82) is 0 Å². The van der Waals surface area contributed by atoms with E-state index in [1.54, 1.807) is 0 Å². The summed E-state index contributed by atoms with van der Waals surface area (Å²) in [5.41, 5.74) is 7.43. The fourth-order valence-electron chi connectivity index (χ4n) is 2.43. The molecular formula is C15H21N3OS. The number of carbonyl (C=O) groups is 1. The molecule has 1 fully saturated rings. The van der Waals surface area contributed by atoms with Crippen LogP contribution in [0.25, 0.3) is 0 Å². The van der Waals surface area contributed by atoms with Gasteiger partial charge in [0.2, 0.25) is 5.91 Å². The maximum Gasteiger partial charge on any atom is 0.242 e. The third-order valence-corrected chi connectivity index (χ3v) is 3.89. The molecule has 4 nitrogen and oxygen atoms in total. The Morgan fingerprint density at radius 2 is 2.05 bits per heavy atom. The molecule has 0 aromatic heterocycles. The topological polar surface area (TPSA) is 49.6 Å².